The van der Waals surface area contributed by atoms with Crippen molar-refractivity contribution in [3.63, 3.8) is 0 Å². The minimum absolute atomic E-state index is 0.195. The van der Waals surface area contributed by atoms with Crippen LogP contribution in [0.5, 0.6) is 0 Å². The molecule has 4 aromatic carbocycles. The zero-order chi connectivity index (χ0) is 22.9. The molecule has 0 heterocycles. The van der Waals surface area contributed by atoms with E-state index in [1.807, 2.05) is 37.3 Å². The molecule has 0 fully saturated rings. The minimum Gasteiger partial charge on any atom is -0.355 e. The van der Waals surface area contributed by atoms with Gasteiger partial charge in [0.25, 0.3) is 5.91 Å². The summed E-state index contributed by atoms with van der Waals surface area (Å²) in [7, 11) is 0. The normalized spacial score (nSPS) is 12.0. The lowest BCUT2D eigenvalue weighted by atomic mass is 9.82. The number of fused-ring (bicyclic) bond motifs is 2. The molecular weight excluding hydrogens is 412 g/mol. The van der Waals surface area contributed by atoms with Crippen molar-refractivity contribution in [2.24, 2.45) is 0 Å². The van der Waals surface area contributed by atoms with E-state index < -0.39 is 0 Å². The van der Waals surface area contributed by atoms with Gasteiger partial charge in [0.05, 0.1) is 22.5 Å². The number of carbonyl (C=O) groups excluding carboxylic acids is 3. The summed E-state index contributed by atoms with van der Waals surface area (Å²) in [6, 6.07) is 26.6. The predicted octanol–water partition coefficient (Wildman–Crippen LogP) is 5.77. The molecule has 0 spiro atoms. The molecule has 5 rings (SSSR count). The first kappa shape index (κ1) is 20.4. The fraction of sp³-hybridized carbons (Fsp3) is 0.0357. The van der Waals surface area contributed by atoms with E-state index in [0.717, 1.165) is 11.3 Å². The molecule has 4 aromatic rings. The lowest BCUT2D eigenvalue weighted by molar-refractivity contribution is 0.0979. The number of hydrogen-bond acceptors (Lipinski definition) is 4. The van der Waals surface area contributed by atoms with Crippen LogP contribution < -0.4 is 10.6 Å². The van der Waals surface area contributed by atoms with E-state index in [4.69, 9.17) is 0 Å². The molecule has 0 saturated carbocycles. The molecule has 2 N–H and O–H groups in total. The molecule has 0 aromatic heterocycles. The number of carbonyl (C=O) groups is 3. The SMILES string of the molecule is Cc1ccc(Nc2ccc(NC(=O)c3ccccc3)c3c2C(=O)c2ccccc2C3=O)cc1. The van der Waals surface area contributed by atoms with Crippen molar-refractivity contribution in [2.75, 3.05) is 10.6 Å². The molecule has 5 heteroatoms. The molecule has 1 aliphatic rings. The number of hydrogen-bond donors (Lipinski definition) is 2. The van der Waals surface area contributed by atoms with Crippen LogP contribution in [0.4, 0.5) is 17.1 Å². The van der Waals surface area contributed by atoms with Crippen molar-refractivity contribution in [1.82, 2.24) is 0 Å². The van der Waals surface area contributed by atoms with Gasteiger partial charge in [-0.05, 0) is 43.3 Å². The lowest BCUT2D eigenvalue weighted by Crippen LogP contribution is -2.25. The second-order valence-electron chi connectivity index (χ2n) is 7.93. The Bertz CT molecular complexity index is 1410. The van der Waals surface area contributed by atoms with E-state index in [0.29, 0.717) is 28.1 Å². The zero-order valence-corrected chi connectivity index (χ0v) is 17.9. The van der Waals surface area contributed by atoms with Crippen molar-refractivity contribution < 1.29 is 14.4 Å². The van der Waals surface area contributed by atoms with Crippen LogP contribution >= 0.6 is 0 Å². The van der Waals surface area contributed by atoms with Gasteiger partial charge >= 0.3 is 0 Å². The lowest BCUT2D eigenvalue weighted by Gasteiger charge is -2.23. The van der Waals surface area contributed by atoms with Gasteiger partial charge in [0.15, 0.2) is 11.6 Å². The van der Waals surface area contributed by atoms with Crippen molar-refractivity contribution in [1.29, 1.82) is 0 Å². The Balaban J connectivity index is 1.63. The topological polar surface area (TPSA) is 75.3 Å². The summed E-state index contributed by atoms with van der Waals surface area (Å²) in [5.74, 6) is -0.905. The Labute approximate surface area is 191 Å². The van der Waals surface area contributed by atoms with Gasteiger partial charge in [-0.3, -0.25) is 14.4 Å². The van der Waals surface area contributed by atoms with E-state index >= 15 is 0 Å². The molecular formula is C28H20N2O3. The number of benzene rings is 4. The first-order valence-corrected chi connectivity index (χ1v) is 10.6. The largest absolute Gasteiger partial charge is 0.355 e. The highest BCUT2D eigenvalue weighted by atomic mass is 16.2. The first-order valence-electron chi connectivity index (χ1n) is 10.6. The van der Waals surface area contributed by atoms with Crippen LogP contribution in [-0.4, -0.2) is 17.5 Å². The third kappa shape index (κ3) is 3.70. The smallest absolute Gasteiger partial charge is 0.255 e. The van der Waals surface area contributed by atoms with Crippen molar-refractivity contribution in [2.45, 2.75) is 6.92 Å². The zero-order valence-electron chi connectivity index (χ0n) is 17.9. The molecule has 0 saturated heterocycles. The molecule has 0 unspecified atom stereocenters. The van der Waals surface area contributed by atoms with Gasteiger partial charge in [-0.15, -0.1) is 0 Å². The minimum atomic E-state index is -0.351. The van der Waals surface area contributed by atoms with Crippen LogP contribution in [0.15, 0.2) is 91.0 Å². The summed E-state index contributed by atoms with van der Waals surface area (Å²) < 4.78 is 0. The van der Waals surface area contributed by atoms with Gasteiger partial charge in [0.2, 0.25) is 0 Å². The molecule has 160 valence electrons. The second-order valence-corrected chi connectivity index (χ2v) is 7.93. The predicted molar refractivity (Wildman–Crippen MR) is 129 cm³/mol. The van der Waals surface area contributed by atoms with Gasteiger partial charge in [-0.25, -0.2) is 0 Å². The van der Waals surface area contributed by atoms with Crippen molar-refractivity contribution >= 4 is 34.5 Å². The van der Waals surface area contributed by atoms with Crippen LogP contribution in [0, 0.1) is 6.92 Å². The fourth-order valence-corrected chi connectivity index (χ4v) is 4.01. The molecule has 1 aliphatic carbocycles. The number of rotatable bonds is 4. The monoisotopic (exact) mass is 432 g/mol. The second kappa shape index (κ2) is 8.20. The van der Waals surface area contributed by atoms with Gasteiger partial charge in [-0.2, -0.15) is 0 Å². The third-order valence-electron chi connectivity index (χ3n) is 5.69. The maximum absolute atomic E-state index is 13.5. The highest BCUT2D eigenvalue weighted by Gasteiger charge is 2.34. The molecule has 0 bridgehead atoms. The van der Waals surface area contributed by atoms with E-state index in [-0.39, 0.29) is 28.6 Å². The quantitative estimate of drug-likeness (QED) is 0.378. The van der Waals surface area contributed by atoms with Gasteiger partial charge in [0, 0.05) is 22.4 Å². The average Bonchev–Trinajstić information content (AvgIpc) is 2.85. The van der Waals surface area contributed by atoms with Crippen LogP contribution in [0.1, 0.15) is 47.8 Å². The Morgan fingerprint density at radius 2 is 1.18 bits per heavy atom. The van der Waals surface area contributed by atoms with Crippen LogP contribution in [-0.2, 0) is 0 Å². The highest BCUT2D eigenvalue weighted by Crippen LogP contribution is 2.37. The molecule has 0 aliphatic heterocycles. The van der Waals surface area contributed by atoms with Crippen LogP contribution in [0.25, 0.3) is 0 Å². The van der Waals surface area contributed by atoms with Crippen molar-refractivity contribution in [3.05, 3.63) is 124 Å². The van der Waals surface area contributed by atoms with Crippen LogP contribution in [0.3, 0.4) is 0 Å². The van der Waals surface area contributed by atoms with Gasteiger partial charge < -0.3 is 10.6 Å². The summed E-state index contributed by atoms with van der Waals surface area (Å²) in [6.07, 6.45) is 0. The average molecular weight is 432 g/mol. The number of anilines is 3. The maximum Gasteiger partial charge on any atom is 0.255 e. The molecule has 33 heavy (non-hydrogen) atoms. The van der Waals surface area contributed by atoms with Crippen LogP contribution in [0.2, 0.25) is 0 Å². The summed E-state index contributed by atoms with van der Waals surface area (Å²) in [4.78, 5) is 39.9. The summed E-state index contributed by atoms with van der Waals surface area (Å²) in [5, 5.41) is 6.09. The number of amides is 1. The fourth-order valence-electron chi connectivity index (χ4n) is 4.01. The first-order chi connectivity index (χ1) is 16.0. The molecule has 1 amide bonds. The Hall–Kier alpha value is -4.51. The molecule has 0 atom stereocenters. The van der Waals surface area contributed by atoms with Gasteiger partial charge in [0.1, 0.15) is 0 Å². The summed E-state index contributed by atoms with van der Waals surface area (Å²) in [6.45, 7) is 2.00. The highest BCUT2D eigenvalue weighted by molar-refractivity contribution is 6.32. The summed E-state index contributed by atoms with van der Waals surface area (Å²) in [5.41, 5.74) is 4.32. The molecule has 0 radical (unpaired) electrons. The Morgan fingerprint density at radius 1 is 0.636 bits per heavy atom. The van der Waals surface area contributed by atoms with E-state index in [1.54, 1.807) is 60.7 Å². The maximum atomic E-state index is 13.5. The number of aryl methyl sites for hydroxylation is 1. The van der Waals surface area contributed by atoms with E-state index in [2.05, 4.69) is 10.6 Å². The number of nitrogens with one attached hydrogen (secondary N) is 2. The van der Waals surface area contributed by atoms with Crippen molar-refractivity contribution in [3.8, 4) is 0 Å². The standard InChI is InChI=1S/C28H20N2O3/c1-17-11-13-19(14-12-17)29-22-15-16-23(30-28(33)18-7-3-2-4-8-18)25-24(22)26(31)20-9-5-6-10-21(20)27(25)32/h2-16,29H,1H3,(H,30,33). The number of ketones is 2. The Morgan fingerprint density at radius 3 is 1.82 bits per heavy atom. The summed E-state index contributed by atoms with van der Waals surface area (Å²) >= 11 is 0. The third-order valence-corrected chi connectivity index (χ3v) is 5.69. The van der Waals surface area contributed by atoms with E-state index in [1.165, 1.54) is 0 Å². The van der Waals surface area contributed by atoms with E-state index in [9.17, 15) is 14.4 Å². The molecule has 5 nitrogen and oxygen atoms in total. The van der Waals surface area contributed by atoms with Gasteiger partial charge in [-0.1, -0.05) is 60.2 Å². The Kier molecular flexibility index (Phi) is 5.07.